The van der Waals surface area contributed by atoms with Crippen LogP contribution >= 0.6 is 0 Å². The zero-order valence-corrected chi connectivity index (χ0v) is 10.3. The molecule has 2 fully saturated rings. The van der Waals surface area contributed by atoms with E-state index in [1.807, 2.05) is 7.05 Å². The van der Waals surface area contributed by atoms with Gasteiger partial charge in [-0.2, -0.15) is 13.2 Å². The quantitative estimate of drug-likeness (QED) is 0.809. The number of likely N-dealkylation sites (tertiary alicyclic amines) is 1. The third-order valence-electron chi connectivity index (χ3n) is 4.24. The summed E-state index contributed by atoms with van der Waals surface area (Å²) in [4.78, 5) is 2.07. The lowest BCUT2D eigenvalue weighted by molar-refractivity contribution is -0.188. The van der Waals surface area contributed by atoms with Crippen molar-refractivity contribution in [3.8, 4) is 0 Å². The van der Waals surface area contributed by atoms with Crippen LogP contribution in [0.3, 0.4) is 0 Å². The van der Waals surface area contributed by atoms with E-state index in [1.54, 1.807) is 0 Å². The fourth-order valence-electron chi connectivity index (χ4n) is 3.29. The summed E-state index contributed by atoms with van der Waals surface area (Å²) in [6.45, 7) is 1.03. The molecule has 2 nitrogen and oxygen atoms in total. The molecule has 0 aromatic heterocycles. The van der Waals surface area contributed by atoms with E-state index < -0.39 is 12.1 Å². The highest BCUT2D eigenvalue weighted by Crippen LogP contribution is 2.35. The molecule has 1 saturated carbocycles. The maximum Gasteiger partial charge on any atom is 0.393 e. The smallest absolute Gasteiger partial charge is 0.315 e. The van der Waals surface area contributed by atoms with Gasteiger partial charge >= 0.3 is 6.18 Å². The largest absolute Gasteiger partial charge is 0.393 e. The number of nitrogens with one attached hydrogen (secondary N) is 1. The minimum absolute atomic E-state index is 0.201. The fourth-order valence-corrected chi connectivity index (χ4v) is 3.29. The van der Waals surface area contributed by atoms with Crippen molar-refractivity contribution in [3.05, 3.63) is 0 Å². The summed E-state index contributed by atoms with van der Waals surface area (Å²) in [5.74, 6) is -1.12. The monoisotopic (exact) mass is 250 g/mol. The first-order chi connectivity index (χ1) is 8.02. The molecule has 0 radical (unpaired) electrons. The lowest BCUT2D eigenvalue weighted by Crippen LogP contribution is -2.51. The summed E-state index contributed by atoms with van der Waals surface area (Å²) >= 11 is 0. The Hall–Kier alpha value is -0.290. The van der Waals surface area contributed by atoms with Crippen LogP contribution in [0.2, 0.25) is 0 Å². The van der Waals surface area contributed by atoms with Gasteiger partial charge in [-0.1, -0.05) is 6.42 Å². The maximum atomic E-state index is 12.7. The SMILES string of the molecule is CNC1CCCC1N1CCCC(C(F)(F)F)C1. The van der Waals surface area contributed by atoms with Gasteiger partial charge in [-0.3, -0.25) is 4.90 Å². The van der Waals surface area contributed by atoms with Gasteiger partial charge in [0, 0.05) is 18.6 Å². The lowest BCUT2D eigenvalue weighted by Gasteiger charge is -2.39. The van der Waals surface area contributed by atoms with E-state index >= 15 is 0 Å². The summed E-state index contributed by atoms with van der Waals surface area (Å²) in [5, 5.41) is 3.24. The minimum atomic E-state index is -4.02. The van der Waals surface area contributed by atoms with Crippen molar-refractivity contribution in [1.82, 2.24) is 10.2 Å². The van der Waals surface area contributed by atoms with E-state index in [2.05, 4.69) is 10.2 Å². The van der Waals surface area contributed by atoms with Gasteiger partial charge in [0.2, 0.25) is 0 Å². The second kappa shape index (κ2) is 5.14. The number of piperidine rings is 1. The van der Waals surface area contributed by atoms with Crippen molar-refractivity contribution in [2.75, 3.05) is 20.1 Å². The molecule has 1 heterocycles. The zero-order valence-electron chi connectivity index (χ0n) is 10.3. The third kappa shape index (κ3) is 2.94. The molecule has 0 aromatic rings. The topological polar surface area (TPSA) is 15.3 Å². The highest BCUT2D eigenvalue weighted by Gasteiger charge is 2.44. The highest BCUT2D eigenvalue weighted by molar-refractivity contribution is 4.92. The Morgan fingerprint density at radius 1 is 1.12 bits per heavy atom. The molecular formula is C12H21F3N2. The molecule has 100 valence electrons. The standard InChI is InChI=1S/C12H21F3N2/c1-16-10-5-2-6-11(10)17-7-3-4-9(8-17)12(13,14)15/h9-11,16H,2-8H2,1H3. The van der Waals surface area contributed by atoms with Crippen molar-refractivity contribution >= 4 is 0 Å². The van der Waals surface area contributed by atoms with Gasteiger partial charge in [0.05, 0.1) is 5.92 Å². The molecule has 2 rings (SSSR count). The second-order valence-electron chi connectivity index (χ2n) is 5.27. The Morgan fingerprint density at radius 2 is 1.88 bits per heavy atom. The number of likely N-dealkylation sites (N-methyl/N-ethyl adjacent to an activating group) is 1. The van der Waals surface area contributed by atoms with Crippen LogP contribution in [0.25, 0.3) is 0 Å². The second-order valence-corrected chi connectivity index (χ2v) is 5.27. The molecule has 0 amide bonds. The number of rotatable bonds is 2. The normalized spacial score (nSPS) is 36.4. The van der Waals surface area contributed by atoms with Crippen LogP contribution in [0.15, 0.2) is 0 Å². The van der Waals surface area contributed by atoms with Crippen molar-refractivity contribution < 1.29 is 13.2 Å². The van der Waals surface area contributed by atoms with Gasteiger partial charge in [0.1, 0.15) is 0 Å². The molecule has 17 heavy (non-hydrogen) atoms. The van der Waals surface area contributed by atoms with E-state index in [-0.39, 0.29) is 6.54 Å². The molecule has 1 aliphatic heterocycles. The summed E-state index contributed by atoms with van der Waals surface area (Å²) in [5.41, 5.74) is 0. The molecule has 5 heteroatoms. The number of halogens is 3. The average molecular weight is 250 g/mol. The van der Waals surface area contributed by atoms with Crippen molar-refractivity contribution in [2.24, 2.45) is 5.92 Å². The minimum Gasteiger partial charge on any atom is -0.315 e. The van der Waals surface area contributed by atoms with Gasteiger partial charge in [-0.15, -0.1) is 0 Å². The molecular weight excluding hydrogens is 229 g/mol. The molecule has 1 N–H and O–H groups in total. The van der Waals surface area contributed by atoms with Crippen molar-refractivity contribution in [3.63, 3.8) is 0 Å². The Morgan fingerprint density at radius 3 is 2.53 bits per heavy atom. The van der Waals surface area contributed by atoms with Crippen molar-refractivity contribution in [1.29, 1.82) is 0 Å². The summed E-state index contributed by atoms with van der Waals surface area (Å²) in [6.07, 6.45) is 0.217. The number of nitrogens with zero attached hydrogens (tertiary/aromatic N) is 1. The lowest BCUT2D eigenvalue weighted by atomic mass is 9.95. The van der Waals surface area contributed by atoms with E-state index in [4.69, 9.17) is 0 Å². The highest BCUT2D eigenvalue weighted by atomic mass is 19.4. The molecule has 1 aliphatic carbocycles. The van der Waals surface area contributed by atoms with E-state index in [9.17, 15) is 13.2 Å². The fraction of sp³-hybridized carbons (Fsp3) is 1.00. The van der Waals surface area contributed by atoms with Gasteiger partial charge in [0.15, 0.2) is 0 Å². The van der Waals surface area contributed by atoms with Crippen LogP contribution < -0.4 is 5.32 Å². The average Bonchev–Trinajstić information content (AvgIpc) is 2.76. The van der Waals surface area contributed by atoms with Crippen LogP contribution in [0, 0.1) is 5.92 Å². The van der Waals surface area contributed by atoms with Crippen molar-refractivity contribution in [2.45, 2.75) is 50.4 Å². The first-order valence-corrected chi connectivity index (χ1v) is 6.50. The summed E-state index contributed by atoms with van der Waals surface area (Å²) < 4.78 is 38.2. The van der Waals surface area contributed by atoms with Crippen LogP contribution in [0.4, 0.5) is 13.2 Å². The van der Waals surface area contributed by atoms with Gasteiger partial charge in [-0.25, -0.2) is 0 Å². The predicted octanol–water partition coefficient (Wildman–Crippen LogP) is 2.40. The summed E-state index contributed by atoms with van der Waals surface area (Å²) in [7, 11) is 1.91. The Bertz CT molecular complexity index is 255. The van der Waals surface area contributed by atoms with Crippen LogP contribution in [-0.4, -0.2) is 43.3 Å². The van der Waals surface area contributed by atoms with E-state index in [0.717, 1.165) is 25.8 Å². The Labute approximate surface area is 101 Å². The maximum absolute atomic E-state index is 12.7. The van der Waals surface area contributed by atoms with Gasteiger partial charge in [-0.05, 0) is 39.3 Å². The van der Waals surface area contributed by atoms with Gasteiger partial charge < -0.3 is 5.32 Å². The Balaban J connectivity index is 1.97. The molecule has 0 bridgehead atoms. The van der Waals surface area contributed by atoms with Crippen LogP contribution in [-0.2, 0) is 0 Å². The third-order valence-corrected chi connectivity index (χ3v) is 4.24. The molecule has 0 aromatic carbocycles. The van der Waals surface area contributed by atoms with E-state index in [0.29, 0.717) is 24.9 Å². The molecule has 0 spiro atoms. The van der Waals surface area contributed by atoms with E-state index in [1.165, 1.54) is 0 Å². The number of hydrogen-bond donors (Lipinski definition) is 1. The molecule has 3 unspecified atom stereocenters. The molecule has 1 saturated heterocycles. The zero-order chi connectivity index (χ0) is 12.5. The summed E-state index contributed by atoms with van der Waals surface area (Å²) in [6, 6.07) is 0.687. The van der Waals surface area contributed by atoms with Crippen LogP contribution in [0.5, 0.6) is 0 Å². The van der Waals surface area contributed by atoms with Gasteiger partial charge in [0.25, 0.3) is 0 Å². The molecule has 3 atom stereocenters. The first-order valence-electron chi connectivity index (χ1n) is 6.50. The number of alkyl halides is 3. The number of hydrogen-bond acceptors (Lipinski definition) is 2. The predicted molar refractivity (Wildman–Crippen MR) is 60.8 cm³/mol. The van der Waals surface area contributed by atoms with Crippen LogP contribution in [0.1, 0.15) is 32.1 Å². The molecule has 2 aliphatic rings. The Kier molecular flexibility index (Phi) is 3.98. The first kappa shape index (κ1) is 13.1.